The van der Waals surface area contributed by atoms with Gasteiger partial charge in [-0.25, -0.2) is 12.7 Å². The maximum atomic E-state index is 12.0. The number of carbonyl (C=O) groups excluding carboxylic acids is 1. The first-order valence-corrected chi connectivity index (χ1v) is 7.74. The van der Waals surface area contributed by atoms with E-state index in [0.717, 1.165) is 4.31 Å². The van der Waals surface area contributed by atoms with Gasteiger partial charge in [-0.15, -0.1) is 0 Å². The molecular weight excluding hydrogens is 288 g/mol. The van der Waals surface area contributed by atoms with Crippen LogP contribution >= 0.6 is 0 Å². The van der Waals surface area contributed by atoms with Crippen molar-refractivity contribution in [2.45, 2.75) is 4.90 Å². The van der Waals surface area contributed by atoms with Gasteiger partial charge in [-0.2, -0.15) is 0 Å². The number of nitrogens with one attached hydrogen (secondary N) is 1. The van der Waals surface area contributed by atoms with Crippen molar-refractivity contribution in [3.05, 3.63) is 60.2 Å². The first-order chi connectivity index (χ1) is 9.91. The molecule has 0 heterocycles. The van der Waals surface area contributed by atoms with Crippen molar-refractivity contribution in [1.29, 1.82) is 0 Å². The van der Waals surface area contributed by atoms with Crippen LogP contribution in [0.2, 0.25) is 0 Å². The Morgan fingerprint density at radius 3 is 2.05 bits per heavy atom. The van der Waals surface area contributed by atoms with Crippen LogP contribution in [0.5, 0.6) is 0 Å². The van der Waals surface area contributed by atoms with Gasteiger partial charge in [0.15, 0.2) is 0 Å². The number of benzene rings is 2. The minimum absolute atomic E-state index is 0.185. The molecule has 0 atom stereocenters. The molecule has 0 aromatic heterocycles. The van der Waals surface area contributed by atoms with E-state index in [1.165, 1.54) is 26.2 Å². The molecule has 0 aliphatic carbocycles. The normalized spacial score (nSPS) is 11.4. The molecule has 0 saturated carbocycles. The van der Waals surface area contributed by atoms with Gasteiger partial charge >= 0.3 is 0 Å². The molecule has 0 aliphatic rings. The molecule has 6 heteroatoms. The van der Waals surface area contributed by atoms with Crippen molar-refractivity contribution in [3.63, 3.8) is 0 Å². The van der Waals surface area contributed by atoms with Crippen LogP contribution in [0.4, 0.5) is 5.69 Å². The molecule has 0 unspecified atom stereocenters. The zero-order chi connectivity index (χ0) is 15.5. The molecule has 2 aromatic rings. The zero-order valence-electron chi connectivity index (χ0n) is 11.8. The van der Waals surface area contributed by atoms with Crippen LogP contribution in [-0.4, -0.2) is 32.7 Å². The Kier molecular flexibility index (Phi) is 4.40. The fourth-order valence-electron chi connectivity index (χ4n) is 1.71. The molecule has 0 aliphatic heterocycles. The van der Waals surface area contributed by atoms with Crippen molar-refractivity contribution < 1.29 is 13.2 Å². The lowest BCUT2D eigenvalue weighted by molar-refractivity contribution is 0.102. The molecule has 2 rings (SSSR count). The Bertz CT molecular complexity index is 723. The third-order valence-corrected chi connectivity index (χ3v) is 4.76. The Morgan fingerprint density at radius 2 is 1.52 bits per heavy atom. The number of anilines is 1. The van der Waals surface area contributed by atoms with Gasteiger partial charge in [0.25, 0.3) is 5.91 Å². The van der Waals surface area contributed by atoms with E-state index in [-0.39, 0.29) is 10.8 Å². The third-order valence-electron chi connectivity index (χ3n) is 2.93. The Labute approximate surface area is 124 Å². The van der Waals surface area contributed by atoms with E-state index in [0.29, 0.717) is 11.3 Å². The summed E-state index contributed by atoms with van der Waals surface area (Å²) in [6.45, 7) is 0. The molecular formula is C15H16N2O3S. The van der Waals surface area contributed by atoms with Crippen LogP contribution in [0.25, 0.3) is 0 Å². The summed E-state index contributed by atoms with van der Waals surface area (Å²) in [5.41, 5.74) is 1.09. The highest BCUT2D eigenvalue weighted by molar-refractivity contribution is 7.89. The lowest BCUT2D eigenvalue weighted by Gasteiger charge is -2.12. The minimum atomic E-state index is -3.45. The summed E-state index contributed by atoms with van der Waals surface area (Å²) in [5.74, 6) is -0.237. The van der Waals surface area contributed by atoms with Crippen molar-refractivity contribution in [1.82, 2.24) is 4.31 Å². The van der Waals surface area contributed by atoms with Crippen molar-refractivity contribution in [2.24, 2.45) is 0 Å². The van der Waals surface area contributed by atoms with Crippen molar-refractivity contribution >= 4 is 21.6 Å². The number of carbonyl (C=O) groups is 1. The Hall–Kier alpha value is -2.18. The molecule has 1 N–H and O–H groups in total. The van der Waals surface area contributed by atoms with Gasteiger partial charge in [0.1, 0.15) is 0 Å². The highest BCUT2D eigenvalue weighted by Crippen LogP contribution is 2.17. The van der Waals surface area contributed by atoms with Gasteiger partial charge in [-0.1, -0.05) is 18.2 Å². The summed E-state index contributed by atoms with van der Waals surface area (Å²) >= 11 is 0. The Morgan fingerprint density at radius 1 is 0.952 bits per heavy atom. The molecule has 0 radical (unpaired) electrons. The number of nitrogens with zero attached hydrogens (tertiary/aromatic N) is 1. The minimum Gasteiger partial charge on any atom is -0.322 e. The predicted molar refractivity (Wildman–Crippen MR) is 81.7 cm³/mol. The summed E-state index contributed by atoms with van der Waals surface area (Å²) in [7, 11) is -0.508. The molecule has 1 amide bonds. The number of hydrogen-bond donors (Lipinski definition) is 1. The highest BCUT2D eigenvalue weighted by atomic mass is 32.2. The highest BCUT2D eigenvalue weighted by Gasteiger charge is 2.16. The maximum absolute atomic E-state index is 12.0. The van der Waals surface area contributed by atoms with E-state index in [4.69, 9.17) is 0 Å². The molecule has 0 fully saturated rings. The molecule has 0 spiro atoms. The lowest BCUT2D eigenvalue weighted by atomic mass is 10.2. The van der Waals surface area contributed by atoms with E-state index < -0.39 is 10.0 Å². The van der Waals surface area contributed by atoms with Crippen molar-refractivity contribution in [2.75, 3.05) is 19.4 Å². The first-order valence-electron chi connectivity index (χ1n) is 6.30. The molecule has 5 nitrogen and oxygen atoms in total. The second kappa shape index (κ2) is 6.07. The van der Waals surface area contributed by atoms with Crippen LogP contribution in [0.3, 0.4) is 0 Å². The van der Waals surface area contributed by atoms with Crippen LogP contribution in [0.15, 0.2) is 59.5 Å². The fraction of sp³-hybridized carbons (Fsp3) is 0.133. The largest absolute Gasteiger partial charge is 0.322 e. The SMILES string of the molecule is CN(C)S(=O)(=O)c1ccc(NC(=O)c2ccccc2)cc1. The summed E-state index contributed by atoms with van der Waals surface area (Å²) in [4.78, 5) is 12.2. The van der Waals surface area contributed by atoms with E-state index >= 15 is 0 Å². The smallest absolute Gasteiger partial charge is 0.255 e. The number of hydrogen-bond acceptors (Lipinski definition) is 3. The average molecular weight is 304 g/mol. The van der Waals surface area contributed by atoms with Gasteiger partial charge < -0.3 is 5.32 Å². The van der Waals surface area contributed by atoms with Crippen LogP contribution in [-0.2, 0) is 10.0 Å². The van der Waals surface area contributed by atoms with E-state index in [1.807, 2.05) is 6.07 Å². The van der Waals surface area contributed by atoms with Crippen LogP contribution in [0.1, 0.15) is 10.4 Å². The van der Waals surface area contributed by atoms with Gasteiger partial charge in [-0.3, -0.25) is 4.79 Å². The second-order valence-electron chi connectivity index (χ2n) is 4.63. The Balaban J connectivity index is 2.16. The summed E-state index contributed by atoms with van der Waals surface area (Å²) in [6, 6.07) is 14.9. The number of rotatable bonds is 4. The predicted octanol–water partition coefficient (Wildman–Crippen LogP) is 2.19. The van der Waals surface area contributed by atoms with Gasteiger partial charge in [0.2, 0.25) is 10.0 Å². The average Bonchev–Trinajstić information content (AvgIpc) is 2.48. The lowest BCUT2D eigenvalue weighted by Crippen LogP contribution is -2.22. The third kappa shape index (κ3) is 3.48. The summed E-state index contributed by atoms with van der Waals surface area (Å²) in [5, 5.41) is 2.72. The molecule has 21 heavy (non-hydrogen) atoms. The molecule has 0 bridgehead atoms. The quantitative estimate of drug-likeness (QED) is 0.941. The molecule has 110 valence electrons. The van der Waals surface area contributed by atoms with E-state index in [9.17, 15) is 13.2 Å². The first kappa shape index (κ1) is 15.2. The van der Waals surface area contributed by atoms with Gasteiger partial charge in [0.05, 0.1) is 4.90 Å². The second-order valence-corrected chi connectivity index (χ2v) is 6.78. The van der Waals surface area contributed by atoms with Crippen molar-refractivity contribution in [3.8, 4) is 0 Å². The monoisotopic (exact) mass is 304 g/mol. The van der Waals surface area contributed by atoms with E-state index in [2.05, 4.69) is 5.32 Å². The van der Waals surface area contributed by atoms with Gasteiger partial charge in [-0.05, 0) is 36.4 Å². The van der Waals surface area contributed by atoms with Crippen LogP contribution in [0, 0.1) is 0 Å². The van der Waals surface area contributed by atoms with E-state index in [1.54, 1.807) is 36.4 Å². The summed E-state index contributed by atoms with van der Waals surface area (Å²) < 4.78 is 25.0. The zero-order valence-corrected chi connectivity index (χ0v) is 12.6. The summed E-state index contributed by atoms with van der Waals surface area (Å²) in [6.07, 6.45) is 0. The topological polar surface area (TPSA) is 66.5 Å². The number of amides is 1. The standard InChI is InChI=1S/C15H16N2O3S/c1-17(2)21(19,20)14-10-8-13(9-11-14)16-15(18)12-6-4-3-5-7-12/h3-11H,1-2H3,(H,16,18). The van der Waals surface area contributed by atoms with Crippen LogP contribution < -0.4 is 5.32 Å². The van der Waals surface area contributed by atoms with Gasteiger partial charge in [0, 0.05) is 25.3 Å². The maximum Gasteiger partial charge on any atom is 0.255 e. The molecule has 2 aromatic carbocycles. The molecule has 0 saturated heterocycles. The fourth-order valence-corrected chi connectivity index (χ4v) is 2.62. The number of sulfonamides is 1.